The third-order valence-electron chi connectivity index (χ3n) is 3.06. The second kappa shape index (κ2) is 5.28. The van der Waals surface area contributed by atoms with Crippen LogP contribution in [0.4, 0.5) is 0 Å². The first-order valence-corrected chi connectivity index (χ1v) is 6.67. The summed E-state index contributed by atoms with van der Waals surface area (Å²) in [5, 5.41) is 7.98. The monoisotopic (exact) mass is 266 g/mol. The molecule has 6 nitrogen and oxygen atoms in total. The van der Waals surface area contributed by atoms with Gasteiger partial charge in [0.15, 0.2) is 0 Å². The normalized spacial score (nSPS) is 20.7. The van der Waals surface area contributed by atoms with Gasteiger partial charge in [-0.3, -0.25) is 14.4 Å². The average molecular weight is 266 g/mol. The van der Waals surface area contributed by atoms with Gasteiger partial charge < -0.3 is 4.74 Å². The van der Waals surface area contributed by atoms with Crippen molar-refractivity contribution in [1.29, 1.82) is 0 Å². The van der Waals surface area contributed by atoms with Crippen molar-refractivity contribution in [3.63, 3.8) is 0 Å². The molecule has 1 aliphatic rings. The van der Waals surface area contributed by atoms with E-state index in [1.807, 2.05) is 34.0 Å². The summed E-state index contributed by atoms with van der Waals surface area (Å²) in [6.07, 6.45) is 3.75. The molecule has 2 heterocycles. The number of rotatable bonds is 3. The summed E-state index contributed by atoms with van der Waals surface area (Å²) < 4.78 is 7.15. The molecule has 0 aromatic carbocycles. The maximum Gasteiger partial charge on any atom is 0.323 e. The van der Waals surface area contributed by atoms with E-state index in [1.165, 1.54) is 0 Å². The molecule has 0 saturated carbocycles. The molecule has 0 radical (unpaired) electrons. The first-order chi connectivity index (χ1) is 8.85. The highest BCUT2D eigenvalue weighted by atomic mass is 16.6. The summed E-state index contributed by atoms with van der Waals surface area (Å²) in [4.78, 5) is 14.3. The van der Waals surface area contributed by atoms with Gasteiger partial charge in [0.1, 0.15) is 11.6 Å². The maximum atomic E-state index is 12.2. The fourth-order valence-electron chi connectivity index (χ4n) is 2.33. The Labute approximate surface area is 113 Å². The van der Waals surface area contributed by atoms with Crippen molar-refractivity contribution < 1.29 is 9.53 Å². The number of aromatic nitrogens is 3. The van der Waals surface area contributed by atoms with Crippen LogP contribution in [0.5, 0.6) is 0 Å². The molecule has 1 fully saturated rings. The van der Waals surface area contributed by atoms with Gasteiger partial charge in [-0.25, -0.2) is 0 Å². The predicted molar refractivity (Wildman–Crippen MR) is 70.3 cm³/mol. The van der Waals surface area contributed by atoms with E-state index in [0.717, 1.165) is 25.1 Å². The van der Waals surface area contributed by atoms with Crippen LogP contribution in [-0.2, 0) is 23.1 Å². The van der Waals surface area contributed by atoms with Crippen molar-refractivity contribution >= 4 is 5.97 Å². The number of ether oxygens (including phenoxy) is 1. The van der Waals surface area contributed by atoms with Crippen LogP contribution < -0.4 is 0 Å². The highest BCUT2D eigenvalue weighted by Gasteiger charge is 2.34. The molecule has 1 atom stereocenters. The summed E-state index contributed by atoms with van der Waals surface area (Å²) in [5.41, 5.74) is 0.454. The molecule has 19 heavy (non-hydrogen) atoms. The van der Waals surface area contributed by atoms with E-state index in [1.54, 1.807) is 4.68 Å². The summed E-state index contributed by atoms with van der Waals surface area (Å²) in [6.45, 7) is 7.24. The molecular weight excluding hydrogens is 244 g/mol. The van der Waals surface area contributed by atoms with E-state index in [2.05, 4.69) is 15.2 Å². The molecule has 1 aromatic rings. The number of likely N-dealkylation sites (tertiary alicyclic amines) is 1. The first kappa shape index (κ1) is 14.0. The molecule has 0 N–H and O–H groups in total. The summed E-state index contributed by atoms with van der Waals surface area (Å²) in [6, 6.07) is -0.152. The minimum absolute atomic E-state index is 0.131. The smallest absolute Gasteiger partial charge is 0.323 e. The van der Waals surface area contributed by atoms with Crippen LogP contribution in [0.3, 0.4) is 0 Å². The molecule has 0 unspecified atom stereocenters. The van der Waals surface area contributed by atoms with E-state index >= 15 is 0 Å². The lowest BCUT2D eigenvalue weighted by atomic mass is 10.1. The largest absolute Gasteiger partial charge is 0.459 e. The molecule has 106 valence electrons. The maximum absolute atomic E-state index is 12.2. The van der Waals surface area contributed by atoms with Crippen molar-refractivity contribution in [3.8, 4) is 0 Å². The second-order valence-electron chi connectivity index (χ2n) is 6.05. The molecule has 6 heteroatoms. The molecular formula is C13H22N4O2. The van der Waals surface area contributed by atoms with Crippen molar-refractivity contribution in [2.24, 2.45) is 7.05 Å². The van der Waals surface area contributed by atoms with Crippen LogP contribution >= 0.6 is 0 Å². The van der Waals surface area contributed by atoms with Crippen LogP contribution in [0.15, 0.2) is 6.20 Å². The van der Waals surface area contributed by atoms with Crippen molar-refractivity contribution in [2.75, 3.05) is 6.54 Å². The Hall–Kier alpha value is -1.43. The molecule has 2 rings (SSSR count). The lowest BCUT2D eigenvalue weighted by Crippen LogP contribution is -2.40. The van der Waals surface area contributed by atoms with Crippen LogP contribution in [0.1, 0.15) is 39.3 Å². The summed E-state index contributed by atoms with van der Waals surface area (Å²) in [7, 11) is 1.84. The Morgan fingerprint density at radius 2 is 2.26 bits per heavy atom. The van der Waals surface area contributed by atoms with Gasteiger partial charge in [0, 0.05) is 19.8 Å². The van der Waals surface area contributed by atoms with E-state index in [9.17, 15) is 4.79 Å². The number of hydrogen-bond acceptors (Lipinski definition) is 5. The zero-order chi connectivity index (χ0) is 14.0. The molecule has 0 aliphatic carbocycles. The van der Waals surface area contributed by atoms with Gasteiger partial charge in [-0.1, -0.05) is 5.21 Å². The fourth-order valence-corrected chi connectivity index (χ4v) is 2.33. The molecule has 1 aliphatic heterocycles. The van der Waals surface area contributed by atoms with Crippen LogP contribution in [0, 0.1) is 0 Å². The number of carbonyl (C=O) groups excluding carboxylic acids is 1. The minimum atomic E-state index is -0.433. The second-order valence-corrected chi connectivity index (χ2v) is 6.05. The Morgan fingerprint density at radius 3 is 2.84 bits per heavy atom. The third-order valence-corrected chi connectivity index (χ3v) is 3.06. The van der Waals surface area contributed by atoms with E-state index < -0.39 is 5.60 Å². The molecule has 1 aromatic heterocycles. The Morgan fingerprint density at radius 1 is 1.53 bits per heavy atom. The van der Waals surface area contributed by atoms with Gasteiger partial charge in [-0.2, -0.15) is 0 Å². The fraction of sp³-hybridized carbons (Fsp3) is 0.769. The van der Waals surface area contributed by atoms with Crippen molar-refractivity contribution in [2.45, 2.75) is 51.8 Å². The third kappa shape index (κ3) is 3.76. The quantitative estimate of drug-likeness (QED) is 0.767. The van der Waals surface area contributed by atoms with Gasteiger partial charge >= 0.3 is 5.97 Å². The van der Waals surface area contributed by atoms with E-state index in [0.29, 0.717) is 6.54 Å². The SMILES string of the molecule is Cn1cc(CN2CCC[C@H]2C(=O)OC(C)(C)C)nn1. The van der Waals surface area contributed by atoms with Crippen LogP contribution in [0.2, 0.25) is 0 Å². The highest BCUT2D eigenvalue weighted by Crippen LogP contribution is 2.22. The van der Waals surface area contributed by atoms with Gasteiger partial charge in [0.2, 0.25) is 0 Å². The zero-order valence-corrected chi connectivity index (χ0v) is 12.1. The van der Waals surface area contributed by atoms with Gasteiger partial charge in [-0.15, -0.1) is 5.10 Å². The zero-order valence-electron chi connectivity index (χ0n) is 12.1. The van der Waals surface area contributed by atoms with Crippen LogP contribution in [-0.4, -0.2) is 44.1 Å². The van der Waals surface area contributed by atoms with Crippen molar-refractivity contribution in [1.82, 2.24) is 19.9 Å². The van der Waals surface area contributed by atoms with Crippen LogP contribution in [0.25, 0.3) is 0 Å². The lowest BCUT2D eigenvalue weighted by Gasteiger charge is -2.26. The van der Waals surface area contributed by atoms with E-state index in [-0.39, 0.29) is 12.0 Å². The highest BCUT2D eigenvalue weighted by molar-refractivity contribution is 5.76. The number of aryl methyl sites for hydroxylation is 1. The molecule has 0 spiro atoms. The Kier molecular flexibility index (Phi) is 3.89. The Balaban J connectivity index is 1.98. The average Bonchev–Trinajstić information content (AvgIpc) is 2.86. The number of carbonyl (C=O) groups is 1. The summed E-state index contributed by atoms with van der Waals surface area (Å²) >= 11 is 0. The lowest BCUT2D eigenvalue weighted by molar-refractivity contribution is -0.160. The molecule has 0 bridgehead atoms. The van der Waals surface area contributed by atoms with Gasteiger partial charge in [0.25, 0.3) is 0 Å². The predicted octanol–water partition coefficient (Wildman–Crippen LogP) is 1.12. The number of hydrogen-bond donors (Lipinski definition) is 0. The topological polar surface area (TPSA) is 60.2 Å². The summed E-state index contributed by atoms with van der Waals surface area (Å²) in [5.74, 6) is -0.131. The number of esters is 1. The minimum Gasteiger partial charge on any atom is -0.459 e. The standard InChI is InChI=1S/C13H22N4O2/c1-13(2,3)19-12(18)11-6-5-7-17(11)9-10-8-16(4)15-14-10/h8,11H,5-7,9H2,1-4H3/t11-/m0/s1. The molecule has 1 saturated heterocycles. The number of nitrogens with zero attached hydrogens (tertiary/aromatic N) is 4. The Bertz CT molecular complexity index is 450. The van der Waals surface area contributed by atoms with Gasteiger partial charge in [0.05, 0.1) is 5.69 Å². The van der Waals surface area contributed by atoms with Gasteiger partial charge in [-0.05, 0) is 40.2 Å². The van der Waals surface area contributed by atoms with Crippen molar-refractivity contribution in [3.05, 3.63) is 11.9 Å². The molecule has 0 amide bonds. The van der Waals surface area contributed by atoms with E-state index in [4.69, 9.17) is 4.74 Å². The first-order valence-electron chi connectivity index (χ1n) is 6.67.